The quantitative estimate of drug-likeness (QED) is 0.768. The minimum Gasteiger partial charge on any atom is -0.354 e. The van der Waals surface area contributed by atoms with Crippen LogP contribution in [-0.2, 0) is 0 Å². The van der Waals surface area contributed by atoms with Gasteiger partial charge in [0, 0.05) is 25.5 Å². The van der Waals surface area contributed by atoms with Gasteiger partial charge in [0.25, 0.3) is 0 Å². The number of rotatable bonds is 1. The van der Waals surface area contributed by atoms with Gasteiger partial charge >= 0.3 is 0 Å². The first-order chi connectivity index (χ1) is 8.34. The fourth-order valence-electron chi connectivity index (χ4n) is 3.32. The van der Waals surface area contributed by atoms with E-state index in [0.29, 0.717) is 5.15 Å². The second-order valence-electron chi connectivity index (χ2n) is 5.21. The molecular formula is C13H18ClN3. The van der Waals surface area contributed by atoms with Crippen LogP contribution >= 0.6 is 11.6 Å². The smallest absolute Gasteiger partial charge is 0.171 e. The first-order valence-electron chi connectivity index (χ1n) is 6.56. The molecule has 4 heteroatoms. The van der Waals surface area contributed by atoms with Crippen LogP contribution in [0, 0.1) is 11.8 Å². The van der Waals surface area contributed by atoms with Crippen LogP contribution in [0.15, 0.2) is 12.4 Å². The Morgan fingerprint density at radius 1 is 1.06 bits per heavy atom. The van der Waals surface area contributed by atoms with Gasteiger partial charge in [0.15, 0.2) is 11.0 Å². The molecule has 2 aliphatic rings. The molecule has 2 atom stereocenters. The molecule has 3 nitrogen and oxygen atoms in total. The minimum atomic E-state index is 0.543. The summed E-state index contributed by atoms with van der Waals surface area (Å²) >= 11 is 6.12. The van der Waals surface area contributed by atoms with Crippen molar-refractivity contribution in [2.45, 2.75) is 32.1 Å². The fraction of sp³-hybridized carbons (Fsp3) is 0.692. The zero-order chi connectivity index (χ0) is 11.7. The van der Waals surface area contributed by atoms with Crippen LogP contribution in [0.1, 0.15) is 32.1 Å². The summed E-state index contributed by atoms with van der Waals surface area (Å²) in [5, 5.41) is 0.543. The van der Waals surface area contributed by atoms with E-state index >= 15 is 0 Å². The Bertz CT molecular complexity index is 396. The van der Waals surface area contributed by atoms with E-state index in [1.807, 2.05) is 0 Å². The summed E-state index contributed by atoms with van der Waals surface area (Å²) in [5.41, 5.74) is 0. The molecular weight excluding hydrogens is 234 g/mol. The van der Waals surface area contributed by atoms with Crippen molar-refractivity contribution in [3.8, 4) is 0 Å². The fourth-order valence-corrected chi connectivity index (χ4v) is 3.54. The lowest BCUT2D eigenvalue weighted by atomic mass is 9.75. The molecule has 92 valence electrons. The third-order valence-corrected chi connectivity index (χ3v) is 4.49. The lowest BCUT2D eigenvalue weighted by Gasteiger charge is -2.41. The van der Waals surface area contributed by atoms with Crippen molar-refractivity contribution in [3.05, 3.63) is 17.5 Å². The maximum Gasteiger partial charge on any atom is 0.171 e. The number of halogens is 1. The average Bonchev–Trinajstić information content (AvgIpc) is 2.39. The standard InChI is InChI=1S/C13H18ClN3/c14-12-13(16-7-6-15-12)17-8-5-10-3-1-2-4-11(10)9-17/h6-7,10-11H,1-5,8-9H2. The zero-order valence-electron chi connectivity index (χ0n) is 9.98. The lowest BCUT2D eigenvalue weighted by Crippen LogP contribution is -2.42. The van der Waals surface area contributed by atoms with E-state index in [4.69, 9.17) is 11.6 Å². The maximum absolute atomic E-state index is 6.12. The van der Waals surface area contributed by atoms with Crippen LogP contribution in [0.2, 0.25) is 5.15 Å². The van der Waals surface area contributed by atoms with Gasteiger partial charge in [-0.1, -0.05) is 30.9 Å². The van der Waals surface area contributed by atoms with Gasteiger partial charge in [0.2, 0.25) is 0 Å². The van der Waals surface area contributed by atoms with Crippen LogP contribution in [-0.4, -0.2) is 23.1 Å². The van der Waals surface area contributed by atoms with Crippen LogP contribution in [0.5, 0.6) is 0 Å². The van der Waals surface area contributed by atoms with Gasteiger partial charge in [-0.15, -0.1) is 0 Å². The molecule has 1 saturated heterocycles. The van der Waals surface area contributed by atoms with Crippen LogP contribution < -0.4 is 4.90 Å². The van der Waals surface area contributed by atoms with E-state index < -0.39 is 0 Å². The van der Waals surface area contributed by atoms with Gasteiger partial charge in [-0.05, 0) is 24.7 Å². The third-order valence-electron chi connectivity index (χ3n) is 4.23. The molecule has 1 aromatic rings. The Labute approximate surface area is 107 Å². The number of hydrogen-bond donors (Lipinski definition) is 0. The van der Waals surface area contributed by atoms with Crippen molar-refractivity contribution in [1.82, 2.24) is 9.97 Å². The topological polar surface area (TPSA) is 29.0 Å². The zero-order valence-corrected chi connectivity index (χ0v) is 10.7. The third kappa shape index (κ3) is 2.25. The molecule has 2 fully saturated rings. The molecule has 0 amide bonds. The summed E-state index contributed by atoms with van der Waals surface area (Å²) in [6, 6.07) is 0. The minimum absolute atomic E-state index is 0.543. The number of hydrogen-bond acceptors (Lipinski definition) is 3. The Morgan fingerprint density at radius 2 is 1.82 bits per heavy atom. The Kier molecular flexibility index (Phi) is 3.19. The summed E-state index contributed by atoms with van der Waals surface area (Å²) in [5.74, 6) is 2.66. The summed E-state index contributed by atoms with van der Waals surface area (Å²) in [6.45, 7) is 2.20. The van der Waals surface area contributed by atoms with E-state index in [9.17, 15) is 0 Å². The van der Waals surface area contributed by atoms with Gasteiger partial charge in [-0.25, -0.2) is 9.97 Å². The van der Waals surface area contributed by atoms with Crippen molar-refractivity contribution < 1.29 is 0 Å². The van der Waals surface area contributed by atoms with Crippen molar-refractivity contribution in [2.24, 2.45) is 11.8 Å². The Balaban J connectivity index is 1.76. The average molecular weight is 252 g/mol. The second kappa shape index (κ2) is 4.81. The molecule has 0 spiro atoms. The molecule has 0 bridgehead atoms. The summed E-state index contributed by atoms with van der Waals surface area (Å²) in [4.78, 5) is 10.8. The first kappa shape index (κ1) is 11.3. The van der Waals surface area contributed by atoms with Crippen molar-refractivity contribution in [3.63, 3.8) is 0 Å². The number of piperidine rings is 1. The molecule has 0 N–H and O–H groups in total. The predicted octanol–water partition coefficient (Wildman–Crippen LogP) is 3.15. The molecule has 1 aliphatic carbocycles. The Hall–Kier alpha value is -0.830. The molecule has 3 rings (SSSR count). The van der Waals surface area contributed by atoms with E-state index in [-0.39, 0.29) is 0 Å². The van der Waals surface area contributed by atoms with E-state index in [1.54, 1.807) is 12.4 Å². The SMILES string of the molecule is Clc1nccnc1N1CCC2CCCCC2C1. The van der Waals surface area contributed by atoms with E-state index in [1.165, 1.54) is 32.1 Å². The van der Waals surface area contributed by atoms with Crippen LogP contribution in [0.3, 0.4) is 0 Å². The van der Waals surface area contributed by atoms with Crippen molar-refractivity contribution in [1.29, 1.82) is 0 Å². The number of fused-ring (bicyclic) bond motifs is 1. The van der Waals surface area contributed by atoms with Crippen molar-refractivity contribution >= 4 is 17.4 Å². The highest BCUT2D eigenvalue weighted by Gasteiger charge is 2.32. The summed E-state index contributed by atoms with van der Waals surface area (Å²) in [7, 11) is 0. The largest absolute Gasteiger partial charge is 0.354 e. The van der Waals surface area contributed by atoms with E-state index in [2.05, 4.69) is 14.9 Å². The lowest BCUT2D eigenvalue weighted by molar-refractivity contribution is 0.202. The maximum atomic E-state index is 6.12. The van der Waals surface area contributed by atoms with Gasteiger partial charge in [-0.2, -0.15) is 0 Å². The first-order valence-corrected chi connectivity index (χ1v) is 6.94. The van der Waals surface area contributed by atoms with Gasteiger partial charge in [0.1, 0.15) is 0 Å². The molecule has 17 heavy (non-hydrogen) atoms. The molecule has 1 aromatic heterocycles. The normalized spacial score (nSPS) is 28.9. The highest BCUT2D eigenvalue weighted by Crippen LogP contribution is 2.37. The summed E-state index contributed by atoms with van der Waals surface area (Å²) < 4.78 is 0. The van der Waals surface area contributed by atoms with Gasteiger partial charge in [-0.3, -0.25) is 0 Å². The molecule has 0 aromatic carbocycles. The number of anilines is 1. The van der Waals surface area contributed by atoms with Crippen LogP contribution in [0.25, 0.3) is 0 Å². The molecule has 2 unspecified atom stereocenters. The molecule has 0 radical (unpaired) electrons. The second-order valence-corrected chi connectivity index (χ2v) is 5.57. The van der Waals surface area contributed by atoms with Gasteiger partial charge in [0.05, 0.1) is 0 Å². The predicted molar refractivity (Wildman–Crippen MR) is 69.3 cm³/mol. The van der Waals surface area contributed by atoms with E-state index in [0.717, 1.165) is 30.7 Å². The van der Waals surface area contributed by atoms with Gasteiger partial charge < -0.3 is 4.90 Å². The Morgan fingerprint density at radius 3 is 2.65 bits per heavy atom. The van der Waals surface area contributed by atoms with Crippen molar-refractivity contribution in [2.75, 3.05) is 18.0 Å². The number of nitrogens with zero attached hydrogens (tertiary/aromatic N) is 3. The number of aromatic nitrogens is 2. The molecule has 1 saturated carbocycles. The summed E-state index contributed by atoms with van der Waals surface area (Å²) in [6.07, 6.45) is 10.3. The monoisotopic (exact) mass is 251 g/mol. The van der Waals surface area contributed by atoms with Crippen LogP contribution in [0.4, 0.5) is 5.82 Å². The molecule has 1 aliphatic heterocycles. The highest BCUT2D eigenvalue weighted by atomic mass is 35.5. The molecule has 2 heterocycles. The highest BCUT2D eigenvalue weighted by molar-refractivity contribution is 6.31.